The quantitative estimate of drug-likeness (QED) is 0.728. The average molecular weight is 432 g/mol. The van der Waals surface area contributed by atoms with E-state index < -0.39 is 26.0 Å². The van der Waals surface area contributed by atoms with Crippen LogP contribution < -0.4 is 14.3 Å². The largest absolute Gasteiger partial charge is 0.322 e. The summed E-state index contributed by atoms with van der Waals surface area (Å²) in [7, 11) is -5.50. The van der Waals surface area contributed by atoms with Crippen molar-refractivity contribution in [1.29, 1.82) is 0 Å². The molecule has 0 aliphatic carbocycles. The summed E-state index contributed by atoms with van der Waals surface area (Å²) in [6.07, 6.45) is 2.08. The summed E-state index contributed by atoms with van der Waals surface area (Å²) in [5, 5.41) is 2.69. The molecule has 0 fully saturated rings. The van der Waals surface area contributed by atoms with Gasteiger partial charge in [-0.05, 0) is 36.4 Å². The lowest BCUT2D eigenvalue weighted by Gasteiger charge is -2.17. The summed E-state index contributed by atoms with van der Waals surface area (Å²) in [5.41, 5.74) is 1.13. The van der Waals surface area contributed by atoms with Crippen molar-refractivity contribution in [3.63, 3.8) is 0 Å². The zero-order valence-corrected chi connectivity index (χ0v) is 17.1. The second-order valence-corrected chi connectivity index (χ2v) is 9.97. The van der Waals surface area contributed by atoms with Crippen LogP contribution in [0.4, 0.5) is 17.1 Å². The molecule has 2 aromatic rings. The van der Waals surface area contributed by atoms with E-state index in [9.17, 15) is 21.6 Å². The molecule has 2 N–H and O–H groups in total. The van der Waals surface area contributed by atoms with Gasteiger partial charge < -0.3 is 5.32 Å². The number of amides is 1. The fourth-order valence-corrected chi connectivity index (χ4v) is 3.46. The van der Waals surface area contributed by atoms with Crippen LogP contribution in [0.25, 0.3) is 0 Å². The number of hydrogen-bond acceptors (Lipinski definition) is 5. The first-order valence-corrected chi connectivity index (χ1v) is 11.6. The Morgan fingerprint density at radius 1 is 1.00 bits per heavy atom. The van der Waals surface area contributed by atoms with Crippen molar-refractivity contribution < 1.29 is 21.6 Å². The standard InChI is InChI=1S/C16H18ClN3O5S2/c1-20(27(3,24)25)13-6-4-5-11(9-13)18-16(21)14-8-7-12(10-15(14)17)19-26(2,22)23/h4-10,19H,1-3H3,(H,18,21). The highest BCUT2D eigenvalue weighted by Gasteiger charge is 2.15. The van der Waals surface area contributed by atoms with E-state index >= 15 is 0 Å². The molecule has 0 saturated carbocycles. The lowest BCUT2D eigenvalue weighted by molar-refractivity contribution is 0.102. The Hall–Kier alpha value is -2.30. The summed E-state index contributed by atoms with van der Waals surface area (Å²) in [6.45, 7) is 0. The average Bonchev–Trinajstić information content (AvgIpc) is 2.52. The molecular weight excluding hydrogens is 414 g/mol. The third-order valence-electron chi connectivity index (χ3n) is 3.48. The number of benzene rings is 2. The number of rotatable bonds is 6. The fourth-order valence-electron chi connectivity index (χ4n) is 2.15. The maximum atomic E-state index is 12.4. The molecule has 0 spiro atoms. The van der Waals surface area contributed by atoms with Gasteiger partial charge in [0.05, 0.1) is 28.8 Å². The van der Waals surface area contributed by atoms with Gasteiger partial charge in [0.1, 0.15) is 0 Å². The predicted molar refractivity (Wildman–Crippen MR) is 108 cm³/mol. The van der Waals surface area contributed by atoms with Gasteiger partial charge in [-0.1, -0.05) is 17.7 Å². The van der Waals surface area contributed by atoms with E-state index in [0.29, 0.717) is 11.4 Å². The first-order valence-electron chi connectivity index (χ1n) is 7.49. The molecule has 2 rings (SSSR count). The van der Waals surface area contributed by atoms with Crippen molar-refractivity contribution in [1.82, 2.24) is 0 Å². The predicted octanol–water partition coefficient (Wildman–Crippen LogP) is 2.36. The topological polar surface area (TPSA) is 113 Å². The Kier molecular flexibility index (Phi) is 6.03. The van der Waals surface area contributed by atoms with Crippen molar-refractivity contribution in [3.8, 4) is 0 Å². The molecule has 27 heavy (non-hydrogen) atoms. The van der Waals surface area contributed by atoms with Gasteiger partial charge in [-0.15, -0.1) is 0 Å². The van der Waals surface area contributed by atoms with Crippen LogP contribution in [-0.4, -0.2) is 42.3 Å². The first-order chi connectivity index (χ1) is 12.4. The number of nitrogens with zero attached hydrogens (tertiary/aromatic N) is 1. The molecule has 8 nitrogen and oxygen atoms in total. The summed E-state index contributed by atoms with van der Waals surface area (Å²) in [4.78, 5) is 12.4. The van der Waals surface area contributed by atoms with Gasteiger partial charge in [-0.25, -0.2) is 16.8 Å². The van der Waals surface area contributed by atoms with Crippen LogP contribution in [0.3, 0.4) is 0 Å². The maximum absolute atomic E-state index is 12.4. The van der Waals surface area contributed by atoms with Crippen LogP contribution in [-0.2, 0) is 20.0 Å². The Morgan fingerprint density at radius 3 is 2.22 bits per heavy atom. The molecule has 0 aromatic heterocycles. The molecule has 0 heterocycles. The minimum absolute atomic E-state index is 0.0607. The van der Waals surface area contributed by atoms with Crippen LogP contribution in [0.2, 0.25) is 5.02 Å². The van der Waals surface area contributed by atoms with E-state index in [1.807, 2.05) is 0 Å². The van der Waals surface area contributed by atoms with Crippen molar-refractivity contribution >= 4 is 54.6 Å². The van der Waals surface area contributed by atoms with Crippen molar-refractivity contribution in [2.45, 2.75) is 0 Å². The van der Waals surface area contributed by atoms with E-state index in [2.05, 4.69) is 10.0 Å². The summed E-state index contributed by atoms with van der Waals surface area (Å²) < 4.78 is 49.1. The highest BCUT2D eigenvalue weighted by molar-refractivity contribution is 7.92. The van der Waals surface area contributed by atoms with Gasteiger partial charge in [-0.3, -0.25) is 13.8 Å². The molecule has 11 heteroatoms. The monoisotopic (exact) mass is 431 g/mol. The number of hydrogen-bond donors (Lipinski definition) is 2. The second-order valence-electron chi connectivity index (χ2n) is 5.80. The number of nitrogens with one attached hydrogen (secondary N) is 2. The summed E-state index contributed by atoms with van der Waals surface area (Å²) >= 11 is 6.08. The molecule has 0 aliphatic heterocycles. The molecule has 0 unspecified atom stereocenters. The fraction of sp³-hybridized carbons (Fsp3) is 0.188. The maximum Gasteiger partial charge on any atom is 0.257 e. The number of carbonyl (C=O) groups excluding carboxylic acids is 1. The summed E-state index contributed by atoms with van der Waals surface area (Å²) in [6, 6.07) is 10.4. The molecule has 0 saturated heterocycles. The van der Waals surface area contributed by atoms with Gasteiger partial charge >= 0.3 is 0 Å². The zero-order valence-electron chi connectivity index (χ0n) is 14.7. The van der Waals surface area contributed by atoms with Crippen LogP contribution in [0, 0.1) is 0 Å². The van der Waals surface area contributed by atoms with E-state index in [1.54, 1.807) is 18.2 Å². The normalized spacial score (nSPS) is 11.7. The van der Waals surface area contributed by atoms with Crippen molar-refractivity contribution in [2.24, 2.45) is 0 Å². The van der Waals surface area contributed by atoms with Gasteiger partial charge in [0.25, 0.3) is 5.91 Å². The zero-order chi connectivity index (χ0) is 20.4. The second kappa shape index (κ2) is 7.75. The van der Waals surface area contributed by atoms with Gasteiger partial charge in [0, 0.05) is 18.4 Å². The van der Waals surface area contributed by atoms with Crippen LogP contribution >= 0.6 is 11.6 Å². The summed E-state index contributed by atoms with van der Waals surface area (Å²) in [5.74, 6) is -0.523. The van der Waals surface area contributed by atoms with E-state index in [-0.39, 0.29) is 16.3 Å². The minimum Gasteiger partial charge on any atom is -0.322 e. The lowest BCUT2D eigenvalue weighted by atomic mass is 10.2. The smallest absolute Gasteiger partial charge is 0.257 e. The third kappa shape index (κ3) is 5.84. The molecular formula is C16H18ClN3O5S2. The van der Waals surface area contributed by atoms with Gasteiger partial charge in [0.2, 0.25) is 20.0 Å². The van der Waals surface area contributed by atoms with Crippen LogP contribution in [0.5, 0.6) is 0 Å². The third-order valence-corrected chi connectivity index (χ3v) is 5.61. The Bertz CT molecular complexity index is 1080. The number of anilines is 3. The molecule has 0 bridgehead atoms. The molecule has 0 radical (unpaired) electrons. The van der Waals surface area contributed by atoms with E-state index in [4.69, 9.17) is 11.6 Å². The molecule has 0 atom stereocenters. The van der Waals surface area contributed by atoms with E-state index in [1.165, 1.54) is 31.3 Å². The Balaban J connectivity index is 2.23. The van der Waals surface area contributed by atoms with Gasteiger partial charge in [-0.2, -0.15) is 0 Å². The van der Waals surface area contributed by atoms with Crippen molar-refractivity contribution in [2.75, 3.05) is 33.9 Å². The number of halogens is 1. The van der Waals surface area contributed by atoms with Crippen LogP contribution in [0.15, 0.2) is 42.5 Å². The lowest BCUT2D eigenvalue weighted by Crippen LogP contribution is -2.24. The van der Waals surface area contributed by atoms with Crippen molar-refractivity contribution in [3.05, 3.63) is 53.1 Å². The number of sulfonamides is 2. The first kappa shape index (κ1) is 21.0. The highest BCUT2D eigenvalue weighted by Crippen LogP contribution is 2.24. The SMILES string of the molecule is CN(c1cccc(NC(=O)c2ccc(NS(C)(=O)=O)cc2Cl)c1)S(C)(=O)=O. The molecule has 146 valence electrons. The molecule has 0 aliphatic rings. The van der Waals surface area contributed by atoms with Crippen LogP contribution in [0.1, 0.15) is 10.4 Å². The molecule has 1 amide bonds. The Morgan fingerprint density at radius 2 is 1.67 bits per heavy atom. The highest BCUT2D eigenvalue weighted by atomic mass is 35.5. The van der Waals surface area contributed by atoms with Gasteiger partial charge in [0.15, 0.2) is 0 Å². The molecule has 2 aromatic carbocycles. The van der Waals surface area contributed by atoms with E-state index in [0.717, 1.165) is 16.8 Å². The Labute approximate surface area is 163 Å². The number of carbonyl (C=O) groups is 1. The minimum atomic E-state index is -3.46.